The number of hydrogen-bond acceptors (Lipinski definition) is 7. The molecular weight excluding hydrogens is 438 g/mol. The van der Waals surface area contributed by atoms with Crippen LogP contribution in [0.15, 0.2) is 58.0 Å². The molecule has 0 atom stereocenters. The fourth-order valence-corrected chi connectivity index (χ4v) is 3.16. The van der Waals surface area contributed by atoms with Crippen LogP contribution >= 0.6 is 11.6 Å². The first-order valence-corrected chi connectivity index (χ1v) is 9.85. The summed E-state index contributed by atoms with van der Waals surface area (Å²) in [6, 6.07) is 13.5. The van der Waals surface area contributed by atoms with Crippen molar-refractivity contribution in [1.29, 1.82) is 0 Å². The van der Waals surface area contributed by atoms with Gasteiger partial charge in [0, 0.05) is 11.1 Å². The molecule has 2 N–H and O–H groups in total. The highest BCUT2D eigenvalue weighted by molar-refractivity contribution is 6.32. The SMILES string of the molecule is COc1ccc(-c2ccc(/C=N\NC(=O)CNC(=O)c3ccc4c(c3)OCO4)o2)cc1Cl. The summed E-state index contributed by atoms with van der Waals surface area (Å²) in [7, 11) is 1.54. The number of fused-ring (bicyclic) bond motifs is 1. The smallest absolute Gasteiger partial charge is 0.259 e. The number of carbonyl (C=O) groups excluding carboxylic acids is 2. The minimum Gasteiger partial charge on any atom is -0.495 e. The van der Waals surface area contributed by atoms with Crippen LogP contribution in [0.5, 0.6) is 17.2 Å². The quantitative estimate of drug-likeness (QED) is 0.418. The number of nitrogens with zero attached hydrogens (tertiary/aromatic N) is 1. The van der Waals surface area contributed by atoms with Crippen LogP contribution in [0.3, 0.4) is 0 Å². The number of furan rings is 1. The predicted molar refractivity (Wildman–Crippen MR) is 116 cm³/mol. The Morgan fingerprint density at radius 1 is 1.12 bits per heavy atom. The van der Waals surface area contributed by atoms with E-state index in [0.717, 1.165) is 5.56 Å². The number of carbonyl (C=O) groups is 2. The number of methoxy groups -OCH3 is 1. The number of hydrogen-bond donors (Lipinski definition) is 2. The van der Waals surface area contributed by atoms with Crippen molar-refractivity contribution in [2.75, 3.05) is 20.4 Å². The molecule has 0 saturated heterocycles. The van der Waals surface area contributed by atoms with Gasteiger partial charge in [-0.15, -0.1) is 0 Å². The van der Waals surface area contributed by atoms with E-state index in [9.17, 15) is 9.59 Å². The molecule has 2 heterocycles. The summed E-state index contributed by atoms with van der Waals surface area (Å²) in [5, 5.41) is 6.82. The number of nitrogens with one attached hydrogen (secondary N) is 2. The Kier molecular flexibility index (Phi) is 6.27. The molecule has 1 aliphatic rings. The van der Waals surface area contributed by atoms with Crippen molar-refractivity contribution >= 4 is 29.6 Å². The van der Waals surface area contributed by atoms with Crippen molar-refractivity contribution < 1.29 is 28.2 Å². The molecule has 10 heteroatoms. The molecule has 9 nitrogen and oxygen atoms in total. The summed E-state index contributed by atoms with van der Waals surface area (Å²) in [6.07, 6.45) is 1.35. The van der Waals surface area contributed by atoms with Crippen LogP contribution in [-0.4, -0.2) is 38.5 Å². The van der Waals surface area contributed by atoms with Crippen molar-refractivity contribution in [2.24, 2.45) is 5.10 Å². The number of hydrazone groups is 1. The van der Waals surface area contributed by atoms with E-state index in [4.69, 9.17) is 30.2 Å². The molecule has 1 aliphatic heterocycles. The average Bonchev–Trinajstić information content (AvgIpc) is 3.46. The van der Waals surface area contributed by atoms with Gasteiger partial charge in [-0.25, -0.2) is 5.43 Å². The molecule has 164 valence electrons. The highest BCUT2D eigenvalue weighted by Crippen LogP contribution is 2.32. The summed E-state index contributed by atoms with van der Waals surface area (Å²) in [5.41, 5.74) is 3.45. The van der Waals surface area contributed by atoms with Gasteiger partial charge in [-0.05, 0) is 48.5 Å². The monoisotopic (exact) mass is 455 g/mol. The summed E-state index contributed by atoms with van der Waals surface area (Å²) >= 11 is 6.14. The molecule has 32 heavy (non-hydrogen) atoms. The van der Waals surface area contributed by atoms with Gasteiger partial charge < -0.3 is 23.9 Å². The molecule has 2 aromatic carbocycles. The predicted octanol–water partition coefficient (Wildman–Crippen LogP) is 3.22. The fraction of sp³-hybridized carbons (Fsp3) is 0.136. The molecular formula is C22H18ClN3O6. The van der Waals surface area contributed by atoms with Crippen LogP contribution in [0.1, 0.15) is 16.1 Å². The van der Waals surface area contributed by atoms with Crippen LogP contribution in [0, 0.1) is 0 Å². The molecule has 0 fully saturated rings. The van der Waals surface area contributed by atoms with Crippen LogP contribution < -0.4 is 25.0 Å². The number of halogens is 1. The molecule has 0 radical (unpaired) electrons. The van der Waals surface area contributed by atoms with Gasteiger partial charge >= 0.3 is 0 Å². The number of benzene rings is 2. The van der Waals surface area contributed by atoms with Gasteiger partial charge in [-0.2, -0.15) is 5.10 Å². The highest BCUT2D eigenvalue weighted by atomic mass is 35.5. The van der Waals surface area contributed by atoms with E-state index in [2.05, 4.69) is 15.8 Å². The third-order valence-electron chi connectivity index (χ3n) is 4.49. The Hall–Kier alpha value is -3.98. The van der Waals surface area contributed by atoms with E-state index in [-0.39, 0.29) is 13.3 Å². The van der Waals surface area contributed by atoms with Crippen LogP contribution in [0.4, 0.5) is 0 Å². The lowest BCUT2D eigenvalue weighted by atomic mass is 10.2. The lowest BCUT2D eigenvalue weighted by molar-refractivity contribution is -0.120. The zero-order valence-corrected chi connectivity index (χ0v) is 17.6. The minimum absolute atomic E-state index is 0.117. The molecule has 0 aliphatic carbocycles. The molecule has 0 bridgehead atoms. The van der Waals surface area contributed by atoms with Crippen molar-refractivity contribution in [3.63, 3.8) is 0 Å². The molecule has 1 aromatic heterocycles. The maximum atomic E-state index is 12.2. The summed E-state index contributed by atoms with van der Waals surface area (Å²) < 4.78 is 21.2. The Labute approximate surface area is 187 Å². The van der Waals surface area contributed by atoms with E-state index in [1.165, 1.54) is 6.21 Å². The molecule has 4 rings (SSSR count). The normalized spacial score (nSPS) is 12.1. The van der Waals surface area contributed by atoms with Gasteiger partial charge in [-0.3, -0.25) is 9.59 Å². The molecule has 3 aromatic rings. The van der Waals surface area contributed by atoms with Gasteiger partial charge in [-0.1, -0.05) is 11.6 Å². The molecule has 2 amide bonds. The Morgan fingerprint density at radius 3 is 2.78 bits per heavy atom. The van der Waals surface area contributed by atoms with E-state index in [1.54, 1.807) is 49.6 Å². The van der Waals surface area contributed by atoms with Crippen LogP contribution in [0.2, 0.25) is 5.02 Å². The maximum absolute atomic E-state index is 12.2. The topological polar surface area (TPSA) is 111 Å². The minimum atomic E-state index is -0.496. The van der Waals surface area contributed by atoms with Gasteiger partial charge in [0.2, 0.25) is 6.79 Å². The summed E-state index contributed by atoms with van der Waals surface area (Å²) in [4.78, 5) is 24.1. The van der Waals surface area contributed by atoms with Crippen LogP contribution in [-0.2, 0) is 4.79 Å². The van der Waals surface area contributed by atoms with E-state index in [0.29, 0.717) is 39.4 Å². The summed E-state index contributed by atoms with van der Waals surface area (Å²) in [6.45, 7) is -0.135. The van der Waals surface area contributed by atoms with Crippen molar-refractivity contribution in [1.82, 2.24) is 10.7 Å². The Bertz CT molecular complexity index is 1190. The standard InChI is InChI=1S/C22H18ClN3O6/c1-29-18-5-2-13(8-16(18)23)17-7-4-15(32-17)10-25-26-21(27)11-24-22(28)14-3-6-19-20(9-14)31-12-30-19/h2-10H,11-12H2,1H3,(H,24,28)(H,26,27)/b25-10-. The number of ether oxygens (including phenoxy) is 3. The van der Waals surface area contributed by atoms with Crippen LogP contribution in [0.25, 0.3) is 11.3 Å². The molecule has 0 spiro atoms. The van der Waals surface area contributed by atoms with E-state index >= 15 is 0 Å². The fourth-order valence-electron chi connectivity index (χ4n) is 2.90. The number of rotatable bonds is 7. The second kappa shape index (κ2) is 9.44. The first-order valence-electron chi connectivity index (χ1n) is 9.47. The second-order valence-corrected chi connectivity index (χ2v) is 7.00. The highest BCUT2D eigenvalue weighted by Gasteiger charge is 2.16. The van der Waals surface area contributed by atoms with Crippen molar-refractivity contribution in [2.45, 2.75) is 0 Å². The third-order valence-corrected chi connectivity index (χ3v) is 4.78. The Morgan fingerprint density at radius 2 is 1.97 bits per heavy atom. The molecule has 0 saturated carbocycles. The largest absolute Gasteiger partial charge is 0.495 e. The van der Waals surface area contributed by atoms with Crippen molar-refractivity contribution in [3.8, 4) is 28.6 Å². The molecule has 0 unspecified atom stereocenters. The number of amides is 2. The van der Waals surface area contributed by atoms with Gasteiger partial charge in [0.15, 0.2) is 11.5 Å². The third kappa shape index (κ3) is 4.84. The lowest BCUT2D eigenvalue weighted by Gasteiger charge is -2.05. The van der Waals surface area contributed by atoms with Gasteiger partial charge in [0.05, 0.1) is 24.9 Å². The maximum Gasteiger partial charge on any atom is 0.259 e. The first kappa shape index (κ1) is 21.3. The van der Waals surface area contributed by atoms with Crippen molar-refractivity contribution in [3.05, 3.63) is 64.9 Å². The zero-order chi connectivity index (χ0) is 22.5. The van der Waals surface area contributed by atoms with Gasteiger partial charge in [0.1, 0.15) is 17.3 Å². The van der Waals surface area contributed by atoms with Gasteiger partial charge in [0.25, 0.3) is 11.8 Å². The lowest BCUT2D eigenvalue weighted by Crippen LogP contribution is -2.34. The zero-order valence-electron chi connectivity index (χ0n) is 16.9. The first-order chi connectivity index (χ1) is 15.5. The van der Waals surface area contributed by atoms with E-state index < -0.39 is 11.8 Å². The summed E-state index contributed by atoms with van der Waals surface area (Å²) in [5.74, 6) is 1.72. The second-order valence-electron chi connectivity index (χ2n) is 6.60. The average molecular weight is 456 g/mol. The Balaban J connectivity index is 1.27. The van der Waals surface area contributed by atoms with E-state index in [1.807, 2.05) is 6.07 Å².